The molecule has 0 bridgehead atoms. The summed E-state index contributed by atoms with van der Waals surface area (Å²) >= 11 is 0. The average molecular weight is 330 g/mol. The molecule has 24 heavy (non-hydrogen) atoms. The highest BCUT2D eigenvalue weighted by atomic mass is 16.2. The minimum absolute atomic E-state index is 0.0734. The van der Waals surface area contributed by atoms with Crippen LogP contribution in [0.1, 0.15) is 24.8 Å². The Kier molecular flexibility index (Phi) is 5.04. The molecule has 1 atom stereocenters. The number of nitrogens with zero attached hydrogens (tertiary/aromatic N) is 2. The lowest BCUT2D eigenvalue weighted by Crippen LogP contribution is -2.62. The number of rotatable bonds is 2. The SMILES string of the molecule is CNC(=O)N1CCN(Cc2ccccc2)C[C@@]2(CCCC(=O)N2)C1. The summed E-state index contributed by atoms with van der Waals surface area (Å²) in [6.45, 7) is 3.66. The van der Waals surface area contributed by atoms with Crippen molar-refractivity contribution in [3.63, 3.8) is 0 Å². The van der Waals surface area contributed by atoms with E-state index in [9.17, 15) is 9.59 Å². The normalized spacial score (nSPS) is 25.2. The third-order valence-corrected chi connectivity index (χ3v) is 4.92. The first-order valence-electron chi connectivity index (χ1n) is 8.64. The topological polar surface area (TPSA) is 64.7 Å². The van der Waals surface area contributed by atoms with Crippen molar-refractivity contribution in [1.82, 2.24) is 20.4 Å². The molecular weight excluding hydrogens is 304 g/mol. The summed E-state index contributed by atoms with van der Waals surface area (Å²) < 4.78 is 0. The van der Waals surface area contributed by atoms with E-state index in [0.29, 0.717) is 19.5 Å². The van der Waals surface area contributed by atoms with Gasteiger partial charge in [0.25, 0.3) is 0 Å². The van der Waals surface area contributed by atoms with Gasteiger partial charge in [-0.2, -0.15) is 0 Å². The quantitative estimate of drug-likeness (QED) is 0.856. The molecule has 1 aromatic carbocycles. The molecule has 2 heterocycles. The lowest BCUT2D eigenvalue weighted by atomic mass is 9.87. The summed E-state index contributed by atoms with van der Waals surface area (Å²) in [5.41, 5.74) is 0.913. The Hall–Kier alpha value is -2.08. The van der Waals surface area contributed by atoms with Crippen molar-refractivity contribution in [2.45, 2.75) is 31.3 Å². The Morgan fingerprint density at radius 3 is 2.75 bits per heavy atom. The molecular formula is C18H26N4O2. The molecule has 2 saturated heterocycles. The Balaban J connectivity index is 1.79. The first kappa shape index (κ1) is 16.8. The smallest absolute Gasteiger partial charge is 0.317 e. The molecule has 2 aliphatic heterocycles. The monoisotopic (exact) mass is 330 g/mol. The van der Waals surface area contributed by atoms with E-state index < -0.39 is 0 Å². The fourth-order valence-electron chi connectivity index (χ4n) is 3.82. The molecule has 2 fully saturated rings. The molecule has 0 saturated carbocycles. The van der Waals surface area contributed by atoms with E-state index in [1.807, 2.05) is 23.1 Å². The highest BCUT2D eigenvalue weighted by Crippen LogP contribution is 2.25. The van der Waals surface area contributed by atoms with E-state index in [2.05, 4.69) is 27.7 Å². The first-order valence-corrected chi connectivity index (χ1v) is 8.64. The Morgan fingerprint density at radius 1 is 1.25 bits per heavy atom. The summed E-state index contributed by atoms with van der Waals surface area (Å²) in [5.74, 6) is 0.0969. The van der Waals surface area contributed by atoms with Crippen LogP contribution in [0.15, 0.2) is 30.3 Å². The number of hydrogen-bond donors (Lipinski definition) is 2. The zero-order chi connectivity index (χ0) is 17.0. The maximum absolute atomic E-state index is 12.2. The molecule has 3 amide bonds. The number of urea groups is 1. The van der Waals surface area contributed by atoms with Crippen molar-refractivity contribution in [3.05, 3.63) is 35.9 Å². The van der Waals surface area contributed by atoms with Gasteiger partial charge < -0.3 is 15.5 Å². The van der Waals surface area contributed by atoms with Crippen molar-refractivity contribution < 1.29 is 9.59 Å². The van der Waals surface area contributed by atoms with Gasteiger partial charge in [-0.3, -0.25) is 9.69 Å². The second-order valence-electron chi connectivity index (χ2n) is 6.86. The standard InChI is InChI=1S/C18H26N4O2/c1-19-17(24)22-11-10-21(12-15-6-3-2-4-7-15)13-18(14-22)9-5-8-16(23)20-18/h2-4,6-7H,5,8-14H2,1H3,(H,19,24)(H,20,23)/t18-/m0/s1. The van der Waals surface area contributed by atoms with Crippen LogP contribution in [-0.2, 0) is 11.3 Å². The number of hydrogen-bond acceptors (Lipinski definition) is 3. The third kappa shape index (κ3) is 3.87. The number of piperidine rings is 1. The van der Waals surface area contributed by atoms with Crippen LogP contribution < -0.4 is 10.6 Å². The number of nitrogens with one attached hydrogen (secondary N) is 2. The molecule has 6 heteroatoms. The molecule has 0 aromatic heterocycles. The maximum atomic E-state index is 12.2. The molecule has 130 valence electrons. The van der Waals surface area contributed by atoms with Crippen molar-refractivity contribution in [3.8, 4) is 0 Å². The highest BCUT2D eigenvalue weighted by molar-refractivity contribution is 5.78. The predicted octanol–water partition coefficient (Wildman–Crippen LogP) is 1.18. The van der Waals surface area contributed by atoms with Gasteiger partial charge in [0.1, 0.15) is 0 Å². The molecule has 0 unspecified atom stereocenters. The average Bonchev–Trinajstić information content (AvgIpc) is 2.74. The zero-order valence-corrected chi connectivity index (χ0v) is 14.3. The van der Waals surface area contributed by atoms with Gasteiger partial charge in [-0.25, -0.2) is 4.79 Å². The Bertz CT molecular complexity index is 592. The molecule has 6 nitrogen and oxygen atoms in total. The molecule has 3 rings (SSSR count). The van der Waals surface area contributed by atoms with Gasteiger partial charge in [-0.05, 0) is 18.4 Å². The second-order valence-corrected chi connectivity index (χ2v) is 6.86. The van der Waals surface area contributed by atoms with Crippen LogP contribution in [0.2, 0.25) is 0 Å². The lowest BCUT2D eigenvalue weighted by molar-refractivity contribution is -0.125. The van der Waals surface area contributed by atoms with Crippen molar-refractivity contribution in [2.75, 3.05) is 33.2 Å². The number of carbonyl (C=O) groups excluding carboxylic acids is 2. The van der Waals surface area contributed by atoms with Gasteiger partial charge in [0, 0.05) is 46.2 Å². The first-order chi connectivity index (χ1) is 11.6. The third-order valence-electron chi connectivity index (χ3n) is 4.92. The summed E-state index contributed by atoms with van der Waals surface area (Å²) in [4.78, 5) is 28.4. The maximum Gasteiger partial charge on any atom is 0.317 e. The summed E-state index contributed by atoms with van der Waals surface area (Å²) in [5, 5.41) is 5.91. The van der Waals surface area contributed by atoms with Crippen LogP contribution >= 0.6 is 0 Å². The fourth-order valence-corrected chi connectivity index (χ4v) is 3.82. The molecule has 0 radical (unpaired) electrons. The highest BCUT2D eigenvalue weighted by Gasteiger charge is 2.41. The van der Waals surface area contributed by atoms with Gasteiger partial charge in [0.2, 0.25) is 5.91 Å². The largest absolute Gasteiger partial charge is 0.348 e. The van der Waals surface area contributed by atoms with E-state index in [4.69, 9.17) is 0 Å². The van der Waals surface area contributed by atoms with Crippen LogP contribution in [0, 0.1) is 0 Å². The summed E-state index contributed by atoms with van der Waals surface area (Å²) in [7, 11) is 1.65. The van der Waals surface area contributed by atoms with E-state index in [0.717, 1.165) is 32.5 Å². The van der Waals surface area contributed by atoms with E-state index in [1.54, 1.807) is 7.05 Å². The number of carbonyl (C=O) groups is 2. The van der Waals surface area contributed by atoms with E-state index in [1.165, 1.54) is 5.56 Å². The van der Waals surface area contributed by atoms with E-state index >= 15 is 0 Å². The number of benzene rings is 1. The van der Waals surface area contributed by atoms with Gasteiger partial charge in [0.15, 0.2) is 0 Å². The van der Waals surface area contributed by atoms with Crippen molar-refractivity contribution >= 4 is 11.9 Å². The predicted molar refractivity (Wildman–Crippen MR) is 92.5 cm³/mol. The molecule has 2 aliphatic rings. The zero-order valence-electron chi connectivity index (χ0n) is 14.3. The van der Waals surface area contributed by atoms with Crippen LogP contribution in [0.5, 0.6) is 0 Å². The van der Waals surface area contributed by atoms with Crippen LogP contribution in [0.4, 0.5) is 4.79 Å². The fraction of sp³-hybridized carbons (Fsp3) is 0.556. The molecule has 2 N–H and O–H groups in total. The van der Waals surface area contributed by atoms with Crippen LogP contribution in [-0.4, -0.2) is 60.5 Å². The van der Waals surface area contributed by atoms with Gasteiger partial charge in [-0.1, -0.05) is 30.3 Å². The van der Waals surface area contributed by atoms with E-state index in [-0.39, 0.29) is 17.5 Å². The summed E-state index contributed by atoms with van der Waals surface area (Å²) in [6.07, 6.45) is 2.38. The molecule has 1 aromatic rings. The van der Waals surface area contributed by atoms with Crippen LogP contribution in [0.25, 0.3) is 0 Å². The van der Waals surface area contributed by atoms with Crippen molar-refractivity contribution in [2.24, 2.45) is 0 Å². The minimum atomic E-state index is -0.340. The Morgan fingerprint density at radius 2 is 2.04 bits per heavy atom. The molecule has 0 aliphatic carbocycles. The van der Waals surface area contributed by atoms with Gasteiger partial charge in [0.05, 0.1) is 5.54 Å². The van der Waals surface area contributed by atoms with Gasteiger partial charge in [-0.15, -0.1) is 0 Å². The molecule has 1 spiro atoms. The summed E-state index contributed by atoms with van der Waals surface area (Å²) in [6, 6.07) is 10.3. The van der Waals surface area contributed by atoms with Crippen LogP contribution in [0.3, 0.4) is 0 Å². The minimum Gasteiger partial charge on any atom is -0.348 e. The Labute approximate surface area is 143 Å². The lowest BCUT2D eigenvalue weighted by Gasteiger charge is -2.41. The number of amides is 3. The van der Waals surface area contributed by atoms with Gasteiger partial charge >= 0.3 is 6.03 Å². The van der Waals surface area contributed by atoms with Crippen molar-refractivity contribution in [1.29, 1.82) is 0 Å². The second kappa shape index (κ2) is 7.21.